The van der Waals surface area contributed by atoms with E-state index >= 15 is 0 Å². The van der Waals surface area contributed by atoms with Crippen LogP contribution in [0, 0.1) is 6.92 Å². The molecule has 0 radical (unpaired) electrons. The fourth-order valence-corrected chi connectivity index (χ4v) is 2.83. The molecule has 1 rings (SSSR count). The fourth-order valence-electron chi connectivity index (χ4n) is 2.83. The number of carbonyl (C=O) groups is 1. The van der Waals surface area contributed by atoms with Crippen LogP contribution in [-0.2, 0) is 4.79 Å². The van der Waals surface area contributed by atoms with Crippen molar-refractivity contribution in [2.24, 2.45) is 0 Å². The topological polar surface area (TPSA) is 37.3 Å². The third-order valence-corrected chi connectivity index (χ3v) is 4.43. The molecule has 0 bridgehead atoms. The molecule has 0 aliphatic carbocycles. The van der Waals surface area contributed by atoms with Crippen LogP contribution < -0.4 is 0 Å². The highest BCUT2D eigenvalue weighted by Gasteiger charge is 1.96. The average molecular weight is 349 g/mol. The zero-order valence-electron chi connectivity index (χ0n) is 16.6. The van der Waals surface area contributed by atoms with Crippen LogP contribution in [0.15, 0.2) is 30.3 Å². The second-order valence-electron chi connectivity index (χ2n) is 7.04. The lowest BCUT2D eigenvalue weighted by atomic mass is 10.0. The van der Waals surface area contributed by atoms with Gasteiger partial charge in [-0.15, -0.1) is 0 Å². The predicted molar refractivity (Wildman–Crippen MR) is 109 cm³/mol. The zero-order chi connectivity index (χ0) is 18.6. The number of hydrogen-bond donors (Lipinski definition) is 1. The molecule has 2 heteroatoms. The number of aliphatic carboxylic acids is 1. The highest BCUT2D eigenvalue weighted by molar-refractivity contribution is 5.66. The zero-order valence-corrected chi connectivity index (χ0v) is 16.6. The van der Waals surface area contributed by atoms with Gasteiger partial charge in [-0.05, 0) is 13.3 Å². The van der Waals surface area contributed by atoms with Gasteiger partial charge in [-0.25, -0.2) is 0 Å². The van der Waals surface area contributed by atoms with E-state index < -0.39 is 5.97 Å². The van der Waals surface area contributed by atoms with Crippen molar-refractivity contribution in [2.45, 2.75) is 104 Å². The lowest BCUT2D eigenvalue weighted by molar-refractivity contribution is -0.137. The predicted octanol–water partition coefficient (Wildman–Crippen LogP) is 7.55. The molecule has 0 heterocycles. The van der Waals surface area contributed by atoms with Crippen LogP contribution in [-0.4, -0.2) is 11.1 Å². The van der Waals surface area contributed by atoms with Gasteiger partial charge in [-0.3, -0.25) is 4.79 Å². The molecular formula is C23H40O2. The molecule has 0 saturated carbocycles. The first-order chi connectivity index (χ1) is 12.2. The first-order valence-electron chi connectivity index (χ1n) is 10.4. The van der Waals surface area contributed by atoms with E-state index in [-0.39, 0.29) is 0 Å². The molecule has 1 aromatic rings. The summed E-state index contributed by atoms with van der Waals surface area (Å²) in [5.41, 5.74) is 1.32. The molecule has 2 nitrogen and oxygen atoms in total. The SMILES string of the molecule is CCCCCCCCCCCCCCCC(=O)O.Cc1ccccc1. The molecule has 0 spiro atoms. The maximum absolute atomic E-state index is 10.3. The molecule has 0 saturated heterocycles. The van der Waals surface area contributed by atoms with Crippen molar-refractivity contribution in [1.29, 1.82) is 0 Å². The van der Waals surface area contributed by atoms with Gasteiger partial charge in [0.05, 0.1) is 0 Å². The van der Waals surface area contributed by atoms with Crippen LogP contribution in [0.4, 0.5) is 0 Å². The van der Waals surface area contributed by atoms with Gasteiger partial charge in [0.2, 0.25) is 0 Å². The van der Waals surface area contributed by atoms with E-state index in [1.165, 1.54) is 76.2 Å². The Morgan fingerprint density at radius 2 is 1.12 bits per heavy atom. The smallest absolute Gasteiger partial charge is 0.303 e. The van der Waals surface area contributed by atoms with Crippen molar-refractivity contribution >= 4 is 5.97 Å². The summed E-state index contributed by atoms with van der Waals surface area (Å²) in [6, 6.07) is 10.3. The second kappa shape index (κ2) is 19.0. The first kappa shape index (κ1) is 23.7. The maximum Gasteiger partial charge on any atom is 0.303 e. The summed E-state index contributed by atoms with van der Waals surface area (Å²) in [7, 11) is 0. The van der Waals surface area contributed by atoms with E-state index in [0.717, 1.165) is 12.8 Å². The molecule has 1 aromatic carbocycles. The standard InChI is InChI=1S/C16H32O2.C7H8/c1-2-3-4-5-6-7-8-9-10-11-12-13-14-15-16(17)18;1-7-5-3-2-4-6-7/h2-15H2,1H3,(H,17,18);2-6H,1H3. The number of benzene rings is 1. The molecule has 0 atom stereocenters. The summed E-state index contributed by atoms with van der Waals surface area (Å²) >= 11 is 0. The largest absolute Gasteiger partial charge is 0.481 e. The van der Waals surface area contributed by atoms with E-state index in [1.54, 1.807) is 0 Å². The van der Waals surface area contributed by atoms with Gasteiger partial charge < -0.3 is 5.11 Å². The monoisotopic (exact) mass is 348 g/mol. The van der Waals surface area contributed by atoms with Crippen molar-refractivity contribution < 1.29 is 9.90 Å². The Morgan fingerprint density at radius 1 is 0.720 bits per heavy atom. The molecule has 144 valence electrons. The van der Waals surface area contributed by atoms with Crippen LogP contribution >= 0.6 is 0 Å². The summed E-state index contributed by atoms with van der Waals surface area (Å²) in [5, 5.41) is 8.49. The maximum atomic E-state index is 10.3. The third-order valence-electron chi connectivity index (χ3n) is 4.43. The minimum absolute atomic E-state index is 0.345. The lowest BCUT2D eigenvalue weighted by Gasteiger charge is -2.02. The lowest BCUT2D eigenvalue weighted by Crippen LogP contribution is -1.93. The van der Waals surface area contributed by atoms with Crippen LogP contribution in [0.2, 0.25) is 0 Å². The minimum atomic E-state index is -0.655. The van der Waals surface area contributed by atoms with Crippen LogP contribution in [0.3, 0.4) is 0 Å². The van der Waals surface area contributed by atoms with Gasteiger partial charge in [-0.2, -0.15) is 0 Å². The van der Waals surface area contributed by atoms with Gasteiger partial charge in [-0.1, -0.05) is 120 Å². The molecule has 0 aliphatic heterocycles. The molecule has 25 heavy (non-hydrogen) atoms. The number of carboxylic acid groups (broad SMARTS) is 1. The minimum Gasteiger partial charge on any atom is -0.481 e. The first-order valence-corrected chi connectivity index (χ1v) is 10.4. The Kier molecular flexibility index (Phi) is 18.0. The van der Waals surface area contributed by atoms with Crippen molar-refractivity contribution in [3.05, 3.63) is 35.9 Å². The second-order valence-corrected chi connectivity index (χ2v) is 7.04. The van der Waals surface area contributed by atoms with Gasteiger partial charge >= 0.3 is 5.97 Å². The molecule has 0 amide bonds. The van der Waals surface area contributed by atoms with Crippen molar-refractivity contribution in [3.63, 3.8) is 0 Å². The van der Waals surface area contributed by atoms with Crippen LogP contribution in [0.5, 0.6) is 0 Å². The van der Waals surface area contributed by atoms with E-state index in [0.29, 0.717) is 6.42 Å². The molecular weight excluding hydrogens is 308 g/mol. The van der Waals surface area contributed by atoms with Gasteiger partial charge in [0.15, 0.2) is 0 Å². The highest BCUT2D eigenvalue weighted by Crippen LogP contribution is 2.12. The van der Waals surface area contributed by atoms with Crippen LogP contribution in [0.1, 0.15) is 102 Å². The van der Waals surface area contributed by atoms with E-state index in [9.17, 15) is 4.79 Å². The van der Waals surface area contributed by atoms with Crippen LogP contribution in [0.25, 0.3) is 0 Å². The summed E-state index contributed by atoms with van der Waals surface area (Å²) in [5.74, 6) is -0.655. The van der Waals surface area contributed by atoms with Crippen molar-refractivity contribution in [2.75, 3.05) is 0 Å². The summed E-state index contributed by atoms with van der Waals surface area (Å²) < 4.78 is 0. The average Bonchev–Trinajstić information content (AvgIpc) is 2.60. The highest BCUT2D eigenvalue weighted by atomic mass is 16.4. The molecule has 0 aliphatic rings. The fraction of sp³-hybridized carbons (Fsp3) is 0.696. The quantitative estimate of drug-likeness (QED) is 0.352. The molecule has 0 aromatic heterocycles. The summed E-state index contributed by atoms with van der Waals surface area (Å²) in [4.78, 5) is 10.3. The molecule has 0 fully saturated rings. The van der Waals surface area contributed by atoms with Crippen molar-refractivity contribution in [1.82, 2.24) is 0 Å². The number of carboxylic acids is 1. The summed E-state index contributed by atoms with van der Waals surface area (Å²) in [6.07, 6.45) is 17.3. The molecule has 1 N–H and O–H groups in total. The van der Waals surface area contributed by atoms with E-state index in [2.05, 4.69) is 26.0 Å². The Balaban J connectivity index is 0.000000676. The Labute approximate surface area is 156 Å². The summed E-state index contributed by atoms with van der Waals surface area (Å²) in [6.45, 7) is 4.34. The Bertz CT molecular complexity index is 386. The Morgan fingerprint density at radius 3 is 1.44 bits per heavy atom. The van der Waals surface area contributed by atoms with Gasteiger partial charge in [0, 0.05) is 6.42 Å². The number of unbranched alkanes of at least 4 members (excludes halogenated alkanes) is 12. The van der Waals surface area contributed by atoms with Gasteiger partial charge in [0.1, 0.15) is 0 Å². The number of aryl methyl sites for hydroxylation is 1. The number of rotatable bonds is 14. The third kappa shape index (κ3) is 20.6. The van der Waals surface area contributed by atoms with E-state index in [4.69, 9.17) is 5.11 Å². The molecule has 0 unspecified atom stereocenters. The van der Waals surface area contributed by atoms with E-state index in [1.807, 2.05) is 18.2 Å². The normalized spacial score (nSPS) is 10.2. The van der Waals surface area contributed by atoms with Gasteiger partial charge in [0.25, 0.3) is 0 Å². The Hall–Kier alpha value is -1.31. The van der Waals surface area contributed by atoms with Crippen molar-refractivity contribution in [3.8, 4) is 0 Å². The number of hydrogen-bond acceptors (Lipinski definition) is 1.